The highest BCUT2D eigenvalue weighted by Crippen LogP contribution is 2.21. The Kier molecular flexibility index (Phi) is 3.43. The van der Waals surface area contributed by atoms with Gasteiger partial charge in [-0.25, -0.2) is 0 Å². The number of hydrogen-bond acceptors (Lipinski definition) is 4. The van der Waals surface area contributed by atoms with Gasteiger partial charge in [0.05, 0.1) is 12.3 Å². The first-order valence-corrected chi connectivity index (χ1v) is 4.63. The van der Waals surface area contributed by atoms with E-state index in [0.717, 1.165) is 23.1 Å². The Hall–Kier alpha value is -0.680. The van der Waals surface area contributed by atoms with Crippen molar-refractivity contribution in [2.24, 2.45) is 7.05 Å². The molecule has 12 heavy (non-hydrogen) atoms. The van der Waals surface area contributed by atoms with Gasteiger partial charge in [-0.05, 0) is 0 Å². The van der Waals surface area contributed by atoms with Gasteiger partial charge >= 0.3 is 0 Å². The average Bonchev–Trinajstić information content (AvgIpc) is 2.31. The van der Waals surface area contributed by atoms with Crippen LogP contribution in [0, 0.1) is 0 Å². The standard InChI is InChI=1S/C7H13N3OS/c1-10-5-6(8)7(9-10)12-4-3-11-2/h5H,3-4,8H2,1-2H3. The van der Waals surface area contributed by atoms with Crippen molar-refractivity contribution in [3.8, 4) is 0 Å². The van der Waals surface area contributed by atoms with Crippen molar-refractivity contribution in [2.75, 3.05) is 25.2 Å². The second kappa shape index (κ2) is 4.37. The van der Waals surface area contributed by atoms with Crippen LogP contribution in [0.5, 0.6) is 0 Å². The third kappa shape index (κ3) is 2.42. The summed E-state index contributed by atoms with van der Waals surface area (Å²) in [5.41, 5.74) is 6.41. The molecule has 1 aromatic heterocycles. The fraction of sp³-hybridized carbons (Fsp3) is 0.571. The number of rotatable bonds is 4. The maximum absolute atomic E-state index is 5.68. The summed E-state index contributed by atoms with van der Waals surface area (Å²) in [6, 6.07) is 0. The third-order valence-corrected chi connectivity index (χ3v) is 2.31. The van der Waals surface area contributed by atoms with Gasteiger partial charge < -0.3 is 10.5 Å². The van der Waals surface area contributed by atoms with Gasteiger partial charge in [-0.2, -0.15) is 5.10 Å². The molecular weight excluding hydrogens is 174 g/mol. The molecule has 0 atom stereocenters. The molecule has 0 bridgehead atoms. The summed E-state index contributed by atoms with van der Waals surface area (Å²) in [4.78, 5) is 0. The topological polar surface area (TPSA) is 53.1 Å². The Morgan fingerprint density at radius 2 is 2.50 bits per heavy atom. The fourth-order valence-electron chi connectivity index (χ4n) is 0.820. The number of methoxy groups -OCH3 is 1. The number of anilines is 1. The minimum Gasteiger partial charge on any atom is -0.395 e. The van der Waals surface area contributed by atoms with E-state index < -0.39 is 0 Å². The summed E-state index contributed by atoms with van der Waals surface area (Å²) in [6.45, 7) is 0.723. The molecule has 1 heterocycles. The molecule has 1 aromatic rings. The first kappa shape index (κ1) is 9.41. The third-order valence-electron chi connectivity index (χ3n) is 1.35. The predicted octanol–water partition coefficient (Wildman–Crippen LogP) is 0.741. The highest BCUT2D eigenvalue weighted by Gasteiger charge is 2.03. The first-order chi connectivity index (χ1) is 5.74. The summed E-state index contributed by atoms with van der Waals surface area (Å²) in [6.07, 6.45) is 1.80. The highest BCUT2D eigenvalue weighted by molar-refractivity contribution is 7.99. The highest BCUT2D eigenvalue weighted by atomic mass is 32.2. The molecule has 0 fully saturated rings. The minimum atomic E-state index is 0.723. The number of nitrogens with zero attached hydrogens (tertiary/aromatic N) is 2. The monoisotopic (exact) mass is 187 g/mol. The molecule has 0 saturated heterocycles. The van der Waals surface area contributed by atoms with Crippen molar-refractivity contribution >= 4 is 17.4 Å². The molecule has 2 N–H and O–H groups in total. The zero-order valence-electron chi connectivity index (χ0n) is 7.28. The first-order valence-electron chi connectivity index (χ1n) is 3.65. The Morgan fingerprint density at radius 1 is 1.75 bits per heavy atom. The van der Waals surface area contributed by atoms with E-state index in [9.17, 15) is 0 Å². The van der Waals surface area contributed by atoms with Gasteiger partial charge in [0.25, 0.3) is 0 Å². The van der Waals surface area contributed by atoms with Crippen LogP contribution in [0.15, 0.2) is 11.2 Å². The fourth-order valence-corrected chi connectivity index (χ4v) is 1.67. The normalized spacial score (nSPS) is 10.5. The molecule has 0 spiro atoms. The predicted molar refractivity (Wildman–Crippen MR) is 50.2 cm³/mol. The van der Waals surface area contributed by atoms with Crippen molar-refractivity contribution in [2.45, 2.75) is 5.03 Å². The van der Waals surface area contributed by atoms with Gasteiger partial charge in [0, 0.05) is 26.1 Å². The van der Waals surface area contributed by atoms with E-state index >= 15 is 0 Å². The Bertz CT molecular complexity index is 249. The van der Waals surface area contributed by atoms with Crippen LogP contribution in [-0.2, 0) is 11.8 Å². The summed E-state index contributed by atoms with van der Waals surface area (Å²) in [5, 5.41) is 5.06. The lowest BCUT2D eigenvalue weighted by Gasteiger charge is -1.96. The zero-order chi connectivity index (χ0) is 8.97. The van der Waals surface area contributed by atoms with Crippen LogP contribution < -0.4 is 5.73 Å². The van der Waals surface area contributed by atoms with E-state index in [-0.39, 0.29) is 0 Å². The van der Waals surface area contributed by atoms with Crippen LogP contribution in [0.1, 0.15) is 0 Å². The lowest BCUT2D eigenvalue weighted by atomic mass is 10.6. The van der Waals surface area contributed by atoms with Gasteiger partial charge in [0.15, 0.2) is 0 Å². The molecule has 0 aliphatic heterocycles. The van der Waals surface area contributed by atoms with E-state index in [0.29, 0.717) is 0 Å². The smallest absolute Gasteiger partial charge is 0.141 e. The summed E-state index contributed by atoms with van der Waals surface area (Å²) in [5.74, 6) is 0.887. The Labute approximate surface area is 76.1 Å². The zero-order valence-corrected chi connectivity index (χ0v) is 8.10. The minimum absolute atomic E-state index is 0.723. The lowest BCUT2D eigenvalue weighted by Crippen LogP contribution is -1.93. The van der Waals surface area contributed by atoms with Crippen molar-refractivity contribution in [3.63, 3.8) is 0 Å². The van der Waals surface area contributed by atoms with E-state index in [4.69, 9.17) is 10.5 Å². The maximum atomic E-state index is 5.68. The largest absolute Gasteiger partial charge is 0.395 e. The van der Waals surface area contributed by atoms with Crippen LogP contribution in [0.3, 0.4) is 0 Å². The van der Waals surface area contributed by atoms with Crippen molar-refractivity contribution < 1.29 is 4.74 Å². The van der Waals surface area contributed by atoms with E-state index in [2.05, 4.69) is 5.10 Å². The van der Waals surface area contributed by atoms with Gasteiger partial charge in [0.2, 0.25) is 0 Å². The quantitative estimate of drug-likeness (QED) is 0.558. The molecule has 0 amide bonds. The van der Waals surface area contributed by atoms with Crippen LogP contribution in [0.2, 0.25) is 0 Å². The second-order valence-electron chi connectivity index (χ2n) is 2.40. The van der Waals surface area contributed by atoms with E-state index in [1.807, 2.05) is 7.05 Å². The molecule has 0 aliphatic carbocycles. The summed E-state index contributed by atoms with van der Waals surface area (Å²) >= 11 is 1.61. The molecule has 5 heteroatoms. The van der Waals surface area contributed by atoms with Crippen molar-refractivity contribution in [3.05, 3.63) is 6.20 Å². The van der Waals surface area contributed by atoms with Gasteiger partial charge in [-0.3, -0.25) is 4.68 Å². The number of aromatic nitrogens is 2. The maximum Gasteiger partial charge on any atom is 0.141 e. The summed E-state index contributed by atoms with van der Waals surface area (Å²) < 4.78 is 6.63. The molecule has 0 radical (unpaired) electrons. The Morgan fingerprint density at radius 3 is 3.00 bits per heavy atom. The lowest BCUT2D eigenvalue weighted by molar-refractivity contribution is 0.218. The molecule has 4 nitrogen and oxygen atoms in total. The van der Waals surface area contributed by atoms with E-state index in [1.54, 1.807) is 29.8 Å². The van der Waals surface area contributed by atoms with E-state index in [1.165, 1.54) is 0 Å². The van der Waals surface area contributed by atoms with Crippen molar-refractivity contribution in [1.82, 2.24) is 9.78 Å². The molecular formula is C7H13N3OS. The van der Waals surface area contributed by atoms with Crippen LogP contribution in [0.25, 0.3) is 0 Å². The number of aryl methyl sites for hydroxylation is 1. The second-order valence-corrected chi connectivity index (χ2v) is 3.49. The molecule has 0 unspecified atom stereocenters. The van der Waals surface area contributed by atoms with Crippen LogP contribution in [0.4, 0.5) is 5.69 Å². The molecule has 0 aromatic carbocycles. The molecule has 1 rings (SSSR count). The average molecular weight is 187 g/mol. The molecule has 0 saturated carbocycles. The molecule has 0 aliphatic rings. The van der Waals surface area contributed by atoms with Crippen molar-refractivity contribution in [1.29, 1.82) is 0 Å². The van der Waals surface area contributed by atoms with Crippen LogP contribution in [-0.4, -0.2) is 29.3 Å². The van der Waals surface area contributed by atoms with Crippen LogP contribution >= 0.6 is 11.8 Å². The number of nitrogen functional groups attached to an aromatic ring is 1. The SMILES string of the molecule is COCCSc1nn(C)cc1N. The number of hydrogen-bond donors (Lipinski definition) is 1. The van der Waals surface area contributed by atoms with Gasteiger partial charge in [-0.1, -0.05) is 0 Å². The number of thioether (sulfide) groups is 1. The van der Waals surface area contributed by atoms with Gasteiger partial charge in [-0.15, -0.1) is 11.8 Å². The molecule has 68 valence electrons. The Balaban J connectivity index is 2.45. The summed E-state index contributed by atoms with van der Waals surface area (Å²) in [7, 11) is 3.54. The van der Waals surface area contributed by atoms with Gasteiger partial charge in [0.1, 0.15) is 5.03 Å². The number of ether oxygens (including phenoxy) is 1. The number of nitrogens with two attached hydrogens (primary N) is 1.